The van der Waals surface area contributed by atoms with Crippen LogP contribution in [0.3, 0.4) is 0 Å². The van der Waals surface area contributed by atoms with Gasteiger partial charge in [0.15, 0.2) is 10.7 Å². The van der Waals surface area contributed by atoms with E-state index in [1.165, 1.54) is 19.8 Å². The van der Waals surface area contributed by atoms with Gasteiger partial charge in [-0.25, -0.2) is 4.98 Å². The number of amides is 1. The summed E-state index contributed by atoms with van der Waals surface area (Å²) >= 11 is 5.31. The highest BCUT2D eigenvalue weighted by Crippen LogP contribution is 2.28. The molecule has 1 unspecified atom stereocenters. The number of benzene rings is 3. The number of hydrogen-bond donors (Lipinski definition) is 2. The molecule has 0 fully saturated rings. The summed E-state index contributed by atoms with van der Waals surface area (Å²) in [5.41, 5.74) is 4.79. The Balaban J connectivity index is 1.43. The number of carbonyl (C=O) groups excluding carboxylic acids is 1. The topological polar surface area (TPSA) is 85.6 Å². The number of anilines is 1. The largest absolute Gasteiger partial charge is 0.497 e. The molecular weight excluding hydrogens is 462 g/mol. The molecular formula is C27H27N3O4S. The maximum Gasteiger partial charge on any atom is 0.257 e. The maximum atomic E-state index is 12.6. The first-order valence-electron chi connectivity index (χ1n) is 11.3. The molecule has 35 heavy (non-hydrogen) atoms. The summed E-state index contributed by atoms with van der Waals surface area (Å²) in [6.07, 6.45) is 1.07. The Hall–Kier alpha value is -3.91. The van der Waals surface area contributed by atoms with Crippen LogP contribution >= 0.6 is 12.2 Å². The summed E-state index contributed by atoms with van der Waals surface area (Å²) in [6, 6.07) is 18.5. The highest BCUT2D eigenvalue weighted by atomic mass is 32.1. The Kier molecular flexibility index (Phi) is 7.31. The van der Waals surface area contributed by atoms with Crippen molar-refractivity contribution in [3.63, 3.8) is 0 Å². The van der Waals surface area contributed by atoms with Gasteiger partial charge in [0.05, 0.1) is 14.2 Å². The molecule has 1 atom stereocenters. The van der Waals surface area contributed by atoms with E-state index in [0.717, 1.165) is 28.8 Å². The van der Waals surface area contributed by atoms with Crippen LogP contribution in [0.1, 0.15) is 42.1 Å². The smallest absolute Gasteiger partial charge is 0.257 e. The lowest BCUT2D eigenvalue weighted by Gasteiger charge is -2.11. The zero-order valence-corrected chi connectivity index (χ0v) is 20.9. The monoisotopic (exact) mass is 489 g/mol. The average molecular weight is 490 g/mol. The minimum atomic E-state index is -0.375. The number of methoxy groups -OCH3 is 2. The first-order chi connectivity index (χ1) is 16.9. The van der Waals surface area contributed by atoms with Gasteiger partial charge in [0, 0.05) is 22.9 Å². The van der Waals surface area contributed by atoms with Gasteiger partial charge in [-0.1, -0.05) is 19.9 Å². The predicted molar refractivity (Wildman–Crippen MR) is 141 cm³/mol. The fraction of sp³-hybridized carbons (Fsp3) is 0.222. The van der Waals surface area contributed by atoms with Crippen molar-refractivity contribution >= 4 is 40.0 Å². The van der Waals surface area contributed by atoms with Crippen LogP contribution in [0.4, 0.5) is 5.69 Å². The number of aromatic nitrogens is 1. The lowest BCUT2D eigenvalue weighted by Crippen LogP contribution is -2.34. The van der Waals surface area contributed by atoms with Crippen molar-refractivity contribution in [1.82, 2.24) is 10.3 Å². The minimum Gasteiger partial charge on any atom is -0.497 e. The van der Waals surface area contributed by atoms with Gasteiger partial charge in [-0.05, 0) is 78.7 Å². The summed E-state index contributed by atoms with van der Waals surface area (Å²) in [5, 5.41) is 5.86. The van der Waals surface area contributed by atoms with E-state index in [-0.39, 0.29) is 11.0 Å². The van der Waals surface area contributed by atoms with Crippen LogP contribution in [-0.4, -0.2) is 30.2 Å². The summed E-state index contributed by atoms with van der Waals surface area (Å²) in [7, 11) is 3.05. The van der Waals surface area contributed by atoms with Gasteiger partial charge in [-0.2, -0.15) is 0 Å². The number of carbonyl (C=O) groups is 1. The highest BCUT2D eigenvalue weighted by Gasteiger charge is 2.13. The highest BCUT2D eigenvalue weighted by molar-refractivity contribution is 7.80. The molecule has 0 aliphatic rings. The number of hydrogen-bond acceptors (Lipinski definition) is 6. The number of rotatable bonds is 7. The van der Waals surface area contributed by atoms with Gasteiger partial charge < -0.3 is 19.2 Å². The second-order valence-corrected chi connectivity index (χ2v) is 8.55. The zero-order chi connectivity index (χ0) is 24.9. The molecule has 4 rings (SSSR count). The van der Waals surface area contributed by atoms with Gasteiger partial charge in [0.25, 0.3) is 5.91 Å². The molecule has 0 spiro atoms. The van der Waals surface area contributed by atoms with Crippen molar-refractivity contribution in [2.24, 2.45) is 0 Å². The second kappa shape index (κ2) is 10.6. The molecule has 0 radical (unpaired) electrons. The van der Waals surface area contributed by atoms with Crippen molar-refractivity contribution in [1.29, 1.82) is 0 Å². The summed E-state index contributed by atoms with van der Waals surface area (Å²) < 4.78 is 16.4. The standard InChI is InChI=1S/C27H27N3O4S/c1-5-16(2)18-8-11-24-23(14-18)29-26(34-24)17-6-9-20(10-7-17)28-27(35)30-25(31)19-12-21(32-3)15-22(13-19)33-4/h6-16H,5H2,1-4H3,(H2,28,30,31,35). The molecule has 0 bridgehead atoms. The molecule has 7 nitrogen and oxygen atoms in total. The lowest BCUT2D eigenvalue weighted by molar-refractivity contribution is 0.0977. The zero-order valence-electron chi connectivity index (χ0n) is 20.0. The fourth-order valence-corrected chi connectivity index (χ4v) is 3.79. The third-order valence-corrected chi connectivity index (χ3v) is 6.03. The Morgan fingerprint density at radius 1 is 1.03 bits per heavy atom. The number of thiocarbonyl (C=S) groups is 1. The maximum absolute atomic E-state index is 12.6. The quantitative estimate of drug-likeness (QED) is 0.301. The fourth-order valence-electron chi connectivity index (χ4n) is 3.58. The molecule has 1 aromatic heterocycles. The van der Waals surface area contributed by atoms with Crippen LogP contribution < -0.4 is 20.1 Å². The molecule has 4 aromatic rings. The Morgan fingerprint density at radius 2 is 1.71 bits per heavy atom. The van der Waals surface area contributed by atoms with E-state index in [4.69, 9.17) is 26.1 Å². The van der Waals surface area contributed by atoms with Gasteiger partial charge in [-0.15, -0.1) is 0 Å². The van der Waals surface area contributed by atoms with E-state index < -0.39 is 0 Å². The molecule has 8 heteroatoms. The third kappa shape index (κ3) is 5.60. The van der Waals surface area contributed by atoms with E-state index in [1.807, 2.05) is 30.3 Å². The molecule has 3 aromatic carbocycles. The van der Waals surface area contributed by atoms with Crippen LogP contribution in [0, 0.1) is 0 Å². The average Bonchev–Trinajstić information content (AvgIpc) is 3.31. The van der Waals surface area contributed by atoms with Crippen LogP contribution in [-0.2, 0) is 0 Å². The number of oxazole rings is 1. The van der Waals surface area contributed by atoms with Crippen LogP contribution in [0.5, 0.6) is 11.5 Å². The molecule has 2 N–H and O–H groups in total. The molecule has 0 aliphatic carbocycles. The van der Waals surface area contributed by atoms with Gasteiger partial charge in [-0.3, -0.25) is 10.1 Å². The van der Waals surface area contributed by atoms with E-state index in [9.17, 15) is 4.79 Å². The van der Waals surface area contributed by atoms with E-state index in [0.29, 0.717) is 28.9 Å². The van der Waals surface area contributed by atoms with Crippen molar-refractivity contribution in [2.75, 3.05) is 19.5 Å². The summed E-state index contributed by atoms with van der Waals surface area (Å²) in [6.45, 7) is 4.38. The van der Waals surface area contributed by atoms with Crippen molar-refractivity contribution in [2.45, 2.75) is 26.2 Å². The van der Waals surface area contributed by atoms with E-state index >= 15 is 0 Å². The molecule has 0 saturated carbocycles. The Labute approximate surface area is 209 Å². The van der Waals surface area contributed by atoms with Crippen molar-refractivity contribution in [3.05, 3.63) is 71.8 Å². The molecule has 0 saturated heterocycles. The van der Waals surface area contributed by atoms with Gasteiger partial charge >= 0.3 is 0 Å². The number of nitrogens with one attached hydrogen (secondary N) is 2. The second-order valence-electron chi connectivity index (χ2n) is 8.14. The molecule has 1 heterocycles. The van der Waals surface area contributed by atoms with Crippen LogP contribution in [0.25, 0.3) is 22.6 Å². The van der Waals surface area contributed by atoms with E-state index in [2.05, 4.69) is 41.6 Å². The minimum absolute atomic E-state index is 0.170. The van der Waals surface area contributed by atoms with Crippen molar-refractivity contribution < 1.29 is 18.7 Å². The number of nitrogens with zero attached hydrogens (tertiary/aromatic N) is 1. The Bertz CT molecular complexity index is 1340. The Morgan fingerprint density at radius 3 is 2.34 bits per heavy atom. The number of ether oxygens (including phenoxy) is 2. The lowest BCUT2D eigenvalue weighted by atomic mass is 9.98. The summed E-state index contributed by atoms with van der Waals surface area (Å²) in [4.78, 5) is 17.3. The van der Waals surface area contributed by atoms with Crippen LogP contribution in [0.2, 0.25) is 0 Å². The molecule has 180 valence electrons. The normalized spacial score (nSPS) is 11.7. The van der Waals surface area contributed by atoms with Gasteiger partial charge in [0.1, 0.15) is 17.0 Å². The van der Waals surface area contributed by atoms with E-state index in [1.54, 1.807) is 18.2 Å². The molecule has 0 aliphatic heterocycles. The number of fused-ring (bicyclic) bond motifs is 1. The predicted octanol–water partition coefficient (Wildman–Crippen LogP) is 6.15. The SMILES string of the molecule is CCC(C)c1ccc2oc(-c3ccc(NC(=S)NC(=O)c4cc(OC)cc(OC)c4)cc3)nc2c1. The molecule has 1 amide bonds. The van der Waals surface area contributed by atoms with Crippen LogP contribution in [0.15, 0.2) is 65.1 Å². The third-order valence-electron chi connectivity index (χ3n) is 5.82. The first-order valence-corrected chi connectivity index (χ1v) is 11.7. The van der Waals surface area contributed by atoms with Crippen molar-refractivity contribution in [3.8, 4) is 23.0 Å². The van der Waals surface area contributed by atoms with Gasteiger partial charge in [0.2, 0.25) is 5.89 Å². The first kappa shape index (κ1) is 24.2. The summed E-state index contributed by atoms with van der Waals surface area (Å²) in [5.74, 6) is 1.67.